The summed E-state index contributed by atoms with van der Waals surface area (Å²) >= 11 is 0. The number of rotatable bonds is 4. The van der Waals surface area contributed by atoms with E-state index in [1.807, 2.05) is 18.5 Å². The second-order valence-corrected chi connectivity index (χ2v) is 6.23. The van der Waals surface area contributed by atoms with Crippen molar-refractivity contribution in [1.82, 2.24) is 15.3 Å². The van der Waals surface area contributed by atoms with Gasteiger partial charge in [0, 0.05) is 43.1 Å². The summed E-state index contributed by atoms with van der Waals surface area (Å²) in [6.07, 6.45) is 5.84. The molecule has 1 aliphatic rings. The number of nitrogens with zero attached hydrogens (tertiary/aromatic N) is 3. The topological polar surface area (TPSA) is 56.3 Å². The summed E-state index contributed by atoms with van der Waals surface area (Å²) in [6, 6.07) is 12.7. The van der Waals surface area contributed by atoms with Crippen LogP contribution in [0.3, 0.4) is 0 Å². The molecule has 4 rings (SSSR count). The minimum Gasteiger partial charge on any atom is -0.356 e. The van der Waals surface area contributed by atoms with Crippen LogP contribution in [0.2, 0.25) is 0 Å². The van der Waals surface area contributed by atoms with E-state index < -0.39 is 0 Å². The molecule has 128 valence electrons. The van der Waals surface area contributed by atoms with E-state index in [1.165, 1.54) is 22.2 Å². The molecule has 3 heterocycles. The zero-order valence-corrected chi connectivity index (χ0v) is 14.5. The molecule has 0 aliphatic carbocycles. The average molecular weight is 333 g/mol. The Morgan fingerprint density at radius 2 is 2.20 bits per heavy atom. The van der Waals surface area contributed by atoms with Crippen LogP contribution >= 0.6 is 0 Å². The number of nitrogens with one attached hydrogen (secondary N) is 2. The fourth-order valence-corrected chi connectivity index (χ4v) is 3.45. The maximum Gasteiger partial charge on any atom is 0.198 e. The first-order chi connectivity index (χ1) is 12.4. The monoisotopic (exact) mass is 333 g/mol. The number of guanidine groups is 1. The summed E-state index contributed by atoms with van der Waals surface area (Å²) in [4.78, 5) is 14.8. The minimum atomic E-state index is 0.753. The molecule has 1 aromatic carbocycles. The van der Waals surface area contributed by atoms with Crippen LogP contribution < -0.4 is 10.2 Å². The SMILES string of the molecule is CCNC(=NCCc1c[nH]c2ncccc12)N1CCc2ccccc21. The van der Waals surface area contributed by atoms with E-state index in [1.54, 1.807) is 0 Å². The maximum atomic E-state index is 4.87. The summed E-state index contributed by atoms with van der Waals surface area (Å²) in [5.41, 5.74) is 4.89. The first-order valence-corrected chi connectivity index (χ1v) is 8.91. The zero-order chi connectivity index (χ0) is 17.1. The fourth-order valence-electron chi connectivity index (χ4n) is 3.45. The second-order valence-electron chi connectivity index (χ2n) is 6.23. The molecular formula is C20H23N5. The van der Waals surface area contributed by atoms with Crippen LogP contribution in [0.25, 0.3) is 11.0 Å². The number of aromatic nitrogens is 2. The summed E-state index contributed by atoms with van der Waals surface area (Å²) in [5.74, 6) is 0.977. The van der Waals surface area contributed by atoms with Gasteiger partial charge in [-0.25, -0.2) is 4.98 Å². The summed E-state index contributed by atoms with van der Waals surface area (Å²) < 4.78 is 0. The highest BCUT2D eigenvalue weighted by atomic mass is 15.3. The van der Waals surface area contributed by atoms with Gasteiger partial charge >= 0.3 is 0 Å². The molecule has 5 nitrogen and oxygen atoms in total. The number of fused-ring (bicyclic) bond motifs is 2. The predicted molar refractivity (Wildman–Crippen MR) is 103 cm³/mol. The quantitative estimate of drug-likeness (QED) is 0.570. The lowest BCUT2D eigenvalue weighted by Gasteiger charge is -2.22. The van der Waals surface area contributed by atoms with Crippen LogP contribution in [0.4, 0.5) is 5.69 Å². The van der Waals surface area contributed by atoms with Crippen LogP contribution in [0.15, 0.2) is 53.8 Å². The van der Waals surface area contributed by atoms with Crippen LogP contribution in [0, 0.1) is 0 Å². The molecule has 25 heavy (non-hydrogen) atoms. The van der Waals surface area contributed by atoms with Crippen molar-refractivity contribution >= 4 is 22.7 Å². The van der Waals surface area contributed by atoms with Crippen molar-refractivity contribution < 1.29 is 0 Å². The fraction of sp³-hybridized carbons (Fsp3) is 0.300. The van der Waals surface area contributed by atoms with Crippen molar-refractivity contribution in [2.75, 3.05) is 24.5 Å². The molecule has 0 fully saturated rings. The van der Waals surface area contributed by atoms with Crippen molar-refractivity contribution in [3.63, 3.8) is 0 Å². The molecular weight excluding hydrogens is 310 g/mol. The lowest BCUT2D eigenvalue weighted by atomic mass is 10.1. The van der Waals surface area contributed by atoms with Gasteiger partial charge in [0.05, 0.1) is 0 Å². The van der Waals surface area contributed by atoms with Crippen LogP contribution in [0.5, 0.6) is 0 Å². The number of H-pyrrole nitrogens is 1. The number of benzene rings is 1. The highest BCUT2D eigenvalue weighted by Gasteiger charge is 2.22. The number of pyridine rings is 1. The van der Waals surface area contributed by atoms with Crippen LogP contribution in [0.1, 0.15) is 18.1 Å². The van der Waals surface area contributed by atoms with E-state index in [2.05, 4.69) is 57.4 Å². The van der Waals surface area contributed by atoms with Gasteiger partial charge in [0.15, 0.2) is 5.96 Å². The standard InChI is InChI=1S/C20H23N5/c1-2-21-20(25-13-10-15-6-3-4-8-18(15)25)23-12-9-16-14-24-19-17(16)7-5-11-22-19/h3-8,11,14H,2,9-10,12-13H2,1H3,(H,21,23)(H,22,24). The third-order valence-corrected chi connectivity index (χ3v) is 4.66. The number of anilines is 1. The van der Waals surface area contributed by atoms with Crippen molar-refractivity contribution in [3.05, 3.63) is 59.9 Å². The van der Waals surface area contributed by atoms with E-state index in [9.17, 15) is 0 Å². The molecule has 1 aliphatic heterocycles. The summed E-state index contributed by atoms with van der Waals surface area (Å²) in [6.45, 7) is 4.72. The lowest BCUT2D eigenvalue weighted by molar-refractivity contribution is 0.873. The molecule has 0 atom stereocenters. The minimum absolute atomic E-state index is 0.753. The number of aliphatic imine (C=N–C) groups is 1. The van der Waals surface area contributed by atoms with Crippen molar-refractivity contribution in [2.45, 2.75) is 19.8 Å². The highest BCUT2D eigenvalue weighted by molar-refractivity contribution is 5.98. The molecule has 2 aromatic heterocycles. The van der Waals surface area contributed by atoms with E-state index in [4.69, 9.17) is 4.99 Å². The molecule has 0 saturated carbocycles. The number of aromatic amines is 1. The Morgan fingerprint density at radius 1 is 1.28 bits per heavy atom. The molecule has 2 N–H and O–H groups in total. The summed E-state index contributed by atoms with van der Waals surface area (Å²) in [5, 5.41) is 4.63. The van der Waals surface area contributed by atoms with Gasteiger partial charge in [0.25, 0.3) is 0 Å². The predicted octanol–water partition coefficient (Wildman–Crippen LogP) is 3.13. The van der Waals surface area contributed by atoms with Gasteiger partial charge in [-0.05, 0) is 49.1 Å². The Labute approximate surface area is 147 Å². The first kappa shape index (κ1) is 15.7. The average Bonchev–Trinajstić information content (AvgIpc) is 3.25. The van der Waals surface area contributed by atoms with Gasteiger partial charge in [-0.2, -0.15) is 0 Å². The van der Waals surface area contributed by atoms with Crippen LogP contribution in [-0.2, 0) is 12.8 Å². The molecule has 0 bridgehead atoms. The van der Waals surface area contributed by atoms with Gasteiger partial charge in [0.2, 0.25) is 0 Å². The lowest BCUT2D eigenvalue weighted by Crippen LogP contribution is -2.40. The van der Waals surface area contributed by atoms with E-state index in [0.717, 1.165) is 44.1 Å². The molecule has 3 aromatic rings. The Bertz CT molecular complexity index is 896. The first-order valence-electron chi connectivity index (χ1n) is 8.91. The van der Waals surface area contributed by atoms with Crippen molar-refractivity contribution in [3.8, 4) is 0 Å². The van der Waals surface area contributed by atoms with E-state index >= 15 is 0 Å². The smallest absolute Gasteiger partial charge is 0.198 e. The number of hydrogen-bond acceptors (Lipinski definition) is 2. The van der Waals surface area contributed by atoms with Gasteiger partial charge in [-0.1, -0.05) is 18.2 Å². The van der Waals surface area contributed by atoms with Gasteiger partial charge in [-0.15, -0.1) is 0 Å². The van der Waals surface area contributed by atoms with E-state index in [0.29, 0.717) is 0 Å². The third-order valence-electron chi connectivity index (χ3n) is 4.66. The van der Waals surface area contributed by atoms with E-state index in [-0.39, 0.29) is 0 Å². The number of para-hydroxylation sites is 1. The third kappa shape index (κ3) is 3.09. The zero-order valence-electron chi connectivity index (χ0n) is 14.5. The summed E-state index contributed by atoms with van der Waals surface area (Å²) in [7, 11) is 0. The van der Waals surface area contributed by atoms with Crippen molar-refractivity contribution in [1.29, 1.82) is 0 Å². The number of hydrogen-bond donors (Lipinski definition) is 2. The Morgan fingerprint density at radius 3 is 3.12 bits per heavy atom. The normalized spacial score (nSPS) is 14.1. The van der Waals surface area contributed by atoms with Gasteiger partial charge in [-0.3, -0.25) is 4.99 Å². The van der Waals surface area contributed by atoms with Gasteiger partial charge in [0.1, 0.15) is 5.65 Å². The molecule has 0 saturated heterocycles. The highest BCUT2D eigenvalue weighted by Crippen LogP contribution is 2.27. The van der Waals surface area contributed by atoms with Crippen LogP contribution in [-0.4, -0.2) is 35.6 Å². The molecule has 0 radical (unpaired) electrons. The Kier molecular flexibility index (Phi) is 4.37. The maximum absolute atomic E-state index is 4.87. The molecule has 0 amide bonds. The molecule has 0 unspecified atom stereocenters. The Hall–Kier alpha value is -2.82. The van der Waals surface area contributed by atoms with Gasteiger partial charge < -0.3 is 15.2 Å². The molecule has 0 spiro atoms. The second kappa shape index (κ2) is 6.97. The molecule has 5 heteroatoms. The Balaban J connectivity index is 1.51. The largest absolute Gasteiger partial charge is 0.356 e. The van der Waals surface area contributed by atoms with Crippen molar-refractivity contribution in [2.24, 2.45) is 4.99 Å².